The van der Waals surface area contributed by atoms with Crippen LogP contribution in [0.3, 0.4) is 0 Å². The summed E-state index contributed by atoms with van der Waals surface area (Å²) >= 11 is 6.41. The first kappa shape index (κ1) is 27.5. The molecule has 1 saturated heterocycles. The summed E-state index contributed by atoms with van der Waals surface area (Å²) in [5.74, 6) is -0.803. The summed E-state index contributed by atoms with van der Waals surface area (Å²) in [7, 11) is 0. The van der Waals surface area contributed by atoms with Gasteiger partial charge in [-0.15, -0.1) is 0 Å². The first-order chi connectivity index (χ1) is 17.9. The Labute approximate surface area is 229 Å². The minimum atomic E-state index is -0.832. The van der Waals surface area contributed by atoms with E-state index in [0.717, 1.165) is 5.56 Å². The van der Waals surface area contributed by atoms with Gasteiger partial charge in [0, 0.05) is 16.3 Å². The number of benzene rings is 3. The van der Waals surface area contributed by atoms with Crippen LogP contribution in [0.5, 0.6) is 5.75 Å². The zero-order chi connectivity index (χ0) is 27.8. The molecule has 0 bridgehead atoms. The number of rotatable bonds is 6. The zero-order valence-corrected chi connectivity index (χ0v) is 23.5. The molecule has 3 aromatic carbocycles. The predicted octanol–water partition coefficient (Wildman–Crippen LogP) is 7.61. The molecular formula is C32H34ClNO4. The topological polar surface area (TPSA) is 66.8 Å². The van der Waals surface area contributed by atoms with Gasteiger partial charge in [0.2, 0.25) is 0 Å². The number of carbonyl (C=O) groups excluding carboxylic acids is 2. The SMILES string of the molecule is Cc1c(Cl)cccc1N1C(=O)C(=O)/C(=C(/O)c2cccc(OCC(C)C)c2)C1c1ccc(C(C)(C)C)cc1. The number of ether oxygens (including phenoxy) is 1. The van der Waals surface area contributed by atoms with Crippen LogP contribution >= 0.6 is 11.6 Å². The van der Waals surface area contributed by atoms with E-state index in [1.54, 1.807) is 42.5 Å². The largest absolute Gasteiger partial charge is 0.507 e. The van der Waals surface area contributed by atoms with Crippen molar-refractivity contribution < 1.29 is 19.4 Å². The third kappa shape index (κ3) is 5.34. The molecule has 1 aliphatic rings. The molecule has 1 heterocycles. The molecule has 4 rings (SSSR count). The fourth-order valence-electron chi connectivity index (χ4n) is 4.57. The summed E-state index contributed by atoms with van der Waals surface area (Å²) < 4.78 is 5.83. The average molecular weight is 532 g/mol. The van der Waals surface area contributed by atoms with E-state index in [2.05, 4.69) is 20.8 Å². The van der Waals surface area contributed by atoms with Crippen molar-refractivity contribution in [3.63, 3.8) is 0 Å². The highest BCUT2D eigenvalue weighted by Gasteiger charge is 2.47. The summed E-state index contributed by atoms with van der Waals surface area (Å²) in [6.45, 7) is 12.8. The van der Waals surface area contributed by atoms with Crippen LogP contribution in [-0.2, 0) is 15.0 Å². The first-order valence-electron chi connectivity index (χ1n) is 12.8. The summed E-state index contributed by atoms with van der Waals surface area (Å²) in [6, 6.07) is 19.2. The monoisotopic (exact) mass is 531 g/mol. The molecule has 6 heteroatoms. The molecule has 0 spiro atoms. The smallest absolute Gasteiger partial charge is 0.300 e. The third-order valence-electron chi connectivity index (χ3n) is 6.73. The number of hydrogen-bond donors (Lipinski definition) is 1. The Morgan fingerprint density at radius 1 is 1.03 bits per heavy atom. The van der Waals surface area contributed by atoms with Crippen molar-refractivity contribution in [3.8, 4) is 5.75 Å². The molecule has 1 unspecified atom stereocenters. The Morgan fingerprint density at radius 2 is 1.68 bits per heavy atom. The highest BCUT2D eigenvalue weighted by molar-refractivity contribution is 6.52. The van der Waals surface area contributed by atoms with E-state index >= 15 is 0 Å². The predicted molar refractivity (Wildman–Crippen MR) is 153 cm³/mol. The molecule has 1 N–H and O–H groups in total. The van der Waals surface area contributed by atoms with Crippen molar-refractivity contribution in [1.82, 2.24) is 0 Å². The van der Waals surface area contributed by atoms with Crippen LogP contribution in [-0.4, -0.2) is 23.4 Å². The number of amides is 1. The molecule has 3 aromatic rings. The second-order valence-corrected chi connectivity index (χ2v) is 11.6. The highest BCUT2D eigenvalue weighted by Crippen LogP contribution is 2.44. The van der Waals surface area contributed by atoms with Crippen molar-refractivity contribution in [2.75, 3.05) is 11.5 Å². The highest BCUT2D eigenvalue weighted by atomic mass is 35.5. The summed E-state index contributed by atoms with van der Waals surface area (Å²) in [5.41, 5.74) is 3.40. The Bertz CT molecular complexity index is 1400. The summed E-state index contributed by atoms with van der Waals surface area (Å²) in [4.78, 5) is 28.5. The van der Waals surface area contributed by atoms with E-state index < -0.39 is 17.7 Å². The lowest BCUT2D eigenvalue weighted by atomic mass is 9.85. The van der Waals surface area contributed by atoms with Crippen LogP contribution < -0.4 is 9.64 Å². The minimum absolute atomic E-state index is 0.0268. The number of halogens is 1. The van der Waals surface area contributed by atoms with Gasteiger partial charge in [-0.25, -0.2) is 0 Å². The van der Waals surface area contributed by atoms with Crippen LogP contribution in [0.4, 0.5) is 5.69 Å². The number of ketones is 1. The number of Topliss-reactive ketones (excluding diaryl/α,β-unsaturated/α-hetero) is 1. The molecule has 0 aliphatic carbocycles. The lowest BCUT2D eigenvalue weighted by Gasteiger charge is -2.28. The van der Waals surface area contributed by atoms with E-state index in [1.165, 1.54) is 4.90 Å². The molecule has 38 heavy (non-hydrogen) atoms. The molecule has 1 amide bonds. The number of aliphatic hydroxyl groups is 1. The Morgan fingerprint density at radius 3 is 2.32 bits per heavy atom. The van der Waals surface area contributed by atoms with Gasteiger partial charge in [0.05, 0.1) is 18.2 Å². The van der Waals surface area contributed by atoms with Gasteiger partial charge in [-0.05, 0) is 59.2 Å². The maximum absolute atomic E-state index is 13.5. The molecule has 0 saturated carbocycles. The molecule has 0 aromatic heterocycles. The molecular weight excluding hydrogens is 498 g/mol. The Balaban J connectivity index is 1.90. The maximum Gasteiger partial charge on any atom is 0.300 e. The van der Waals surface area contributed by atoms with Crippen LogP contribution in [0.15, 0.2) is 72.3 Å². The van der Waals surface area contributed by atoms with Crippen molar-refractivity contribution in [2.24, 2.45) is 5.92 Å². The zero-order valence-electron chi connectivity index (χ0n) is 22.7. The van der Waals surface area contributed by atoms with Gasteiger partial charge in [-0.1, -0.05) is 88.7 Å². The second-order valence-electron chi connectivity index (χ2n) is 11.2. The number of carbonyl (C=O) groups is 2. The average Bonchev–Trinajstić information content (AvgIpc) is 3.14. The van der Waals surface area contributed by atoms with E-state index in [0.29, 0.717) is 45.7 Å². The molecule has 1 atom stereocenters. The van der Waals surface area contributed by atoms with Gasteiger partial charge in [-0.2, -0.15) is 0 Å². The fraction of sp³-hybridized carbons (Fsp3) is 0.312. The van der Waals surface area contributed by atoms with E-state index in [9.17, 15) is 14.7 Å². The number of aliphatic hydroxyl groups excluding tert-OH is 1. The molecule has 5 nitrogen and oxygen atoms in total. The lowest BCUT2D eigenvalue weighted by molar-refractivity contribution is -0.132. The molecule has 198 valence electrons. The molecule has 1 fully saturated rings. The van der Waals surface area contributed by atoms with E-state index in [1.807, 2.05) is 45.0 Å². The fourth-order valence-corrected chi connectivity index (χ4v) is 4.74. The van der Waals surface area contributed by atoms with Gasteiger partial charge in [0.25, 0.3) is 11.7 Å². The lowest BCUT2D eigenvalue weighted by Crippen LogP contribution is -2.30. The van der Waals surface area contributed by atoms with Crippen molar-refractivity contribution in [3.05, 3.63) is 99.6 Å². The summed E-state index contributed by atoms with van der Waals surface area (Å²) in [6.07, 6.45) is 0. The quantitative estimate of drug-likeness (QED) is 0.202. The van der Waals surface area contributed by atoms with Gasteiger partial charge in [0.1, 0.15) is 11.5 Å². The number of nitrogens with zero attached hydrogens (tertiary/aromatic N) is 1. The Kier molecular flexibility index (Phi) is 7.70. The van der Waals surface area contributed by atoms with Gasteiger partial charge in [-0.3, -0.25) is 14.5 Å². The first-order valence-corrected chi connectivity index (χ1v) is 13.2. The van der Waals surface area contributed by atoms with Gasteiger partial charge >= 0.3 is 0 Å². The Hall–Kier alpha value is -3.57. The van der Waals surface area contributed by atoms with Crippen LogP contribution in [0.1, 0.15) is 62.9 Å². The minimum Gasteiger partial charge on any atom is -0.507 e. The number of anilines is 1. The second kappa shape index (κ2) is 10.7. The number of hydrogen-bond acceptors (Lipinski definition) is 4. The normalized spacial score (nSPS) is 17.4. The van der Waals surface area contributed by atoms with Crippen LogP contribution in [0.2, 0.25) is 5.02 Å². The van der Waals surface area contributed by atoms with E-state index in [-0.39, 0.29) is 16.7 Å². The summed E-state index contributed by atoms with van der Waals surface area (Å²) in [5, 5.41) is 12.0. The van der Waals surface area contributed by atoms with E-state index in [4.69, 9.17) is 16.3 Å². The van der Waals surface area contributed by atoms with Crippen LogP contribution in [0.25, 0.3) is 5.76 Å². The third-order valence-corrected chi connectivity index (χ3v) is 7.14. The standard InChI is InChI=1S/C32H34ClNO4/c1-19(2)18-38-24-10-7-9-22(17-24)29(35)27-28(21-13-15-23(16-14-21)32(4,5)6)34(31(37)30(27)36)26-12-8-11-25(33)20(26)3/h7-17,19,28,35H,18H2,1-6H3/b29-27+. The van der Waals surface area contributed by atoms with Crippen molar-refractivity contribution in [2.45, 2.75) is 53.0 Å². The van der Waals surface area contributed by atoms with Crippen molar-refractivity contribution in [1.29, 1.82) is 0 Å². The van der Waals surface area contributed by atoms with Crippen LogP contribution in [0, 0.1) is 12.8 Å². The van der Waals surface area contributed by atoms with Gasteiger partial charge in [0.15, 0.2) is 0 Å². The van der Waals surface area contributed by atoms with Crippen molar-refractivity contribution >= 4 is 34.7 Å². The molecule has 1 aliphatic heterocycles. The van der Waals surface area contributed by atoms with Gasteiger partial charge < -0.3 is 9.84 Å². The maximum atomic E-state index is 13.5. The molecule has 0 radical (unpaired) electrons.